The van der Waals surface area contributed by atoms with Gasteiger partial charge in [-0.2, -0.15) is 0 Å². The second-order valence-electron chi connectivity index (χ2n) is 5.99. The summed E-state index contributed by atoms with van der Waals surface area (Å²) in [5.41, 5.74) is -0.434. The first-order chi connectivity index (χ1) is 8.84. The van der Waals surface area contributed by atoms with Gasteiger partial charge in [-0.25, -0.2) is 0 Å². The summed E-state index contributed by atoms with van der Waals surface area (Å²) in [4.78, 5) is 23.3. The number of rotatable bonds is 5. The molecule has 0 aromatic carbocycles. The molecule has 0 aromatic heterocycles. The molecule has 1 aliphatic carbocycles. The minimum absolute atomic E-state index is 0.0214. The monoisotopic (exact) mass is 271 g/mol. The lowest BCUT2D eigenvalue weighted by atomic mass is 9.96. The van der Waals surface area contributed by atoms with Crippen molar-refractivity contribution in [2.75, 3.05) is 13.7 Å². The third kappa shape index (κ3) is 5.19. The molecule has 0 radical (unpaired) electrons. The Morgan fingerprint density at radius 2 is 1.84 bits per heavy atom. The Morgan fingerprint density at radius 1 is 1.21 bits per heavy atom. The molecule has 0 saturated heterocycles. The van der Waals surface area contributed by atoms with Crippen molar-refractivity contribution in [3.63, 3.8) is 0 Å². The highest BCUT2D eigenvalue weighted by molar-refractivity contribution is 5.81. The van der Waals surface area contributed by atoms with Gasteiger partial charge in [-0.15, -0.1) is 0 Å². The number of hydrogen-bond donors (Lipinski definition) is 1. The zero-order chi connectivity index (χ0) is 14.5. The fourth-order valence-electron chi connectivity index (χ4n) is 2.07. The standard InChI is InChI=1S/C14H25NO4/c1-14(2,3)13(17)15-9-8-12(16)19-11-7-5-6-10(11)18-4/h10-11H,5-9H2,1-4H3,(H,15,17)/t10-,11-/m1/s1. The van der Waals surface area contributed by atoms with Crippen LogP contribution in [0.1, 0.15) is 46.5 Å². The number of carbonyl (C=O) groups excluding carboxylic acids is 2. The SMILES string of the molecule is CO[C@@H]1CCC[C@H]1OC(=O)CCNC(=O)C(C)(C)C. The van der Waals surface area contributed by atoms with Crippen LogP contribution in [0.15, 0.2) is 0 Å². The van der Waals surface area contributed by atoms with Gasteiger partial charge in [0.15, 0.2) is 0 Å². The molecule has 5 nitrogen and oxygen atoms in total. The minimum atomic E-state index is -0.434. The minimum Gasteiger partial charge on any atom is -0.460 e. The van der Waals surface area contributed by atoms with E-state index in [2.05, 4.69) is 5.32 Å². The van der Waals surface area contributed by atoms with E-state index in [0.717, 1.165) is 19.3 Å². The predicted molar refractivity (Wildman–Crippen MR) is 71.6 cm³/mol. The van der Waals surface area contributed by atoms with Crippen molar-refractivity contribution in [3.05, 3.63) is 0 Å². The number of carbonyl (C=O) groups is 2. The molecule has 0 unspecified atom stereocenters. The van der Waals surface area contributed by atoms with E-state index in [1.807, 2.05) is 20.8 Å². The Kier molecular flexibility index (Phi) is 5.79. The molecule has 19 heavy (non-hydrogen) atoms. The van der Waals surface area contributed by atoms with Gasteiger partial charge in [0.05, 0.1) is 12.5 Å². The average molecular weight is 271 g/mol. The first-order valence-electron chi connectivity index (χ1n) is 6.85. The topological polar surface area (TPSA) is 64.6 Å². The first kappa shape index (κ1) is 16.0. The lowest BCUT2D eigenvalue weighted by Gasteiger charge is -2.20. The van der Waals surface area contributed by atoms with Crippen LogP contribution in [0.5, 0.6) is 0 Å². The van der Waals surface area contributed by atoms with Gasteiger partial charge in [0.1, 0.15) is 6.10 Å². The van der Waals surface area contributed by atoms with Gasteiger partial charge in [-0.3, -0.25) is 9.59 Å². The van der Waals surface area contributed by atoms with Gasteiger partial charge in [0.25, 0.3) is 0 Å². The van der Waals surface area contributed by atoms with Crippen LogP contribution in [0.2, 0.25) is 0 Å². The molecule has 0 aromatic rings. The van der Waals surface area contributed by atoms with Crippen LogP contribution >= 0.6 is 0 Å². The van der Waals surface area contributed by atoms with Crippen molar-refractivity contribution in [3.8, 4) is 0 Å². The van der Waals surface area contributed by atoms with E-state index in [0.29, 0.717) is 6.54 Å². The van der Waals surface area contributed by atoms with Crippen molar-refractivity contribution < 1.29 is 19.1 Å². The molecule has 1 N–H and O–H groups in total. The molecule has 1 rings (SSSR count). The Balaban J connectivity index is 2.23. The van der Waals surface area contributed by atoms with Crippen LogP contribution in [0.25, 0.3) is 0 Å². The van der Waals surface area contributed by atoms with E-state index in [1.54, 1.807) is 7.11 Å². The van der Waals surface area contributed by atoms with Gasteiger partial charge < -0.3 is 14.8 Å². The summed E-state index contributed by atoms with van der Waals surface area (Å²) in [6.45, 7) is 5.83. The van der Waals surface area contributed by atoms with E-state index in [9.17, 15) is 9.59 Å². The fraction of sp³-hybridized carbons (Fsp3) is 0.857. The van der Waals surface area contributed by atoms with E-state index >= 15 is 0 Å². The Morgan fingerprint density at radius 3 is 2.42 bits per heavy atom. The van der Waals surface area contributed by atoms with Gasteiger partial charge in [0, 0.05) is 19.1 Å². The average Bonchev–Trinajstić information content (AvgIpc) is 2.74. The van der Waals surface area contributed by atoms with E-state index < -0.39 is 5.41 Å². The Hall–Kier alpha value is -1.10. The van der Waals surface area contributed by atoms with Crippen molar-refractivity contribution >= 4 is 11.9 Å². The summed E-state index contributed by atoms with van der Waals surface area (Å²) in [6.07, 6.45) is 2.92. The number of methoxy groups -OCH3 is 1. The highest BCUT2D eigenvalue weighted by atomic mass is 16.6. The summed E-state index contributed by atoms with van der Waals surface area (Å²) in [5.74, 6) is -0.334. The van der Waals surface area contributed by atoms with Crippen LogP contribution in [0.3, 0.4) is 0 Å². The molecule has 1 saturated carbocycles. The molecule has 0 heterocycles. The zero-order valence-corrected chi connectivity index (χ0v) is 12.3. The van der Waals surface area contributed by atoms with Gasteiger partial charge >= 0.3 is 5.97 Å². The Labute approximate surface area is 115 Å². The maximum atomic E-state index is 11.7. The largest absolute Gasteiger partial charge is 0.460 e. The third-order valence-corrected chi connectivity index (χ3v) is 3.27. The van der Waals surface area contributed by atoms with E-state index in [-0.39, 0.29) is 30.5 Å². The number of hydrogen-bond acceptors (Lipinski definition) is 4. The Bertz CT molecular complexity index is 322. The highest BCUT2D eigenvalue weighted by Crippen LogP contribution is 2.24. The molecule has 0 aliphatic heterocycles. The van der Waals surface area contributed by atoms with Crippen molar-refractivity contribution in [2.45, 2.75) is 58.7 Å². The van der Waals surface area contributed by atoms with Crippen LogP contribution in [0, 0.1) is 5.41 Å². The van der Waals surface area contributed by atoms with E-state index in [4.69, 9.17) is 9.47 Å². The predicted octanol–water partition coefficient (Wildman–Crippen LogP) is 1.65. The van der Waals surface area contributed by atoms with Crippen LogP contribution < -0.4 is 5.32 Å². The van der Waals surface area contributed by atoms with Crippen molar-refractivity contribution in [1.29, 1.82) is 0 Å². The van der Waals surface area contributed by atoms with Gasteiger partial charge in [0.2, 0.25) is 5.91 Å². The zero-order valence-electron chi connectivity index (χ0n) is 12.3. The summed E-state index contributed by atoms with van der Waals surface area (Å²) >= 11 is 0. The van der Waals surface area contributed by atoms with E-state index in [1.165, 1.54) is 0 Å². The quantitative estimate of drug-likeness (QED) is 0.772. The molecule has 5 heteroatoms. The smallest absolute Gasteiger partial charge is 0.307 e. The number of nitrogens with one attached hydrogen (secondary N) is 1. The van der Waals surface area contributed by atoms with Crippen molar-refractivity contribution in [2.24, 2.45) is 5.41 Å². The highest BCUT2D eigenvalue weighted by Gasteiger charge is 2.30. The summed E-state index contributed by atoms with van der Waals surface area (Å²) in [7, 11) is 1.64. The molecule has 1 fully saturated rings. The number of esters is 1. The molecule has 0 spiro atoms. The lowest BCUT2D eigenvalue weighted by Crippen LogP contribution is -2.36. The molecule has 110 valence electrons. The maximum Gasteiger partial charge on any atom is 0.307 e. The summed E-state index contributed by atoms with van der Waals surface area (Å²) in [5, 5.41) is 2.73. The van der Waals surface area contributed by atoms with Crippen LogP contribution in [-0.4, -0.2) is 37.7 Å². The lowest BCUT2D eigenvalue weighted by molar-refractivity contribution is -0.154. The van der Waals surface area contributed by atoms with Gasteiger partial charge in [-0.1, -0.05) is 20.8 Å². The fourth-order valence-corrected chi connectivity index (χ4v) is 2.07. The first-order valence-corrected chi connectivity index (χ1v) is 6.85. The molecular formula is C14H25NO4. The normalized spacial score (nSPS) is 23.2. The molecule has 1 aliphatic rings. The molecular weight excluding hydrogens is 246 g/mol. The second-order valence-corrected chi connectivity index (χ2v) is 5.99. The number of amides is 1. The second kappa shape index (κ2) is 6.89. The molecule has 0 bridgehead atoms. The van der Waals surface area contributed by atoms with Crippen LogP contribution in [0.4, 0.5) is 0 Å². The maximum absolute atomic E-state index is 11.7. The van der Waals surface area contributed by atoms with Gasteiger partial charge in [-0.05, 0) is 19.3 Å². The number of ether oxygens (including phenoxy) is 2. The third-order valence-electron chi connectivity index (χ3n) is 3.27. The molecule has 2 atom stereocenters. The molecule has 1 amide bonds. The van der Waals surface area contributed by atoms with Crippen LogP contribution in [-0.2, 0) is 19.1 Å². The van der Waals surface area contributed by atoms with Crippen molar-refractivity contribution in [1.82, 2.24) is 5.32 Å². The summed E-state index contributed by atoms with van der Waals surface area (Å²) in [6, 6.07) is 0. The summed E-state index contributed by atoms with van der Waals surface area (Å²) < 4.78 is 10.6.